The molecule has 0 bridgehead atoms. The van der Waals surface area contributed by atoms with Crippen molar-refractivity contribution in [3.8, 4) is 0 Å². The van der Waals surface area contributed by atoms with Gasteiger partial charge in [-0.2, -0.15) is 0 Å². The quantitative estimate of drug-likeness (QED) is 0.645. The molecule has 3 heteroatoms. The molecule has 0 aliphatic rings. The van der Waals surface area contributed by atoms with Crippen LogP contribution >= 0.6 is 33.9 Å². The molecule has 2 rings (SSSR count). The second kappa shape index (κ2) is 2.96. The number of hydrogen-bond donors (Lipinski definition) is 0. The Morgan fingerprint density at radius 2 is 2.17 bits per heavy atom. The van der Waals surface area contributed by atoms with Gasteiger partial charge in [0.1, 0.15) is 5.82 Å². The summed E-state index contributed by atoms with van der Waals surface area (Å²) in [5.74, 6) is -0.153. The molecule has 0 unspecified atom stereocenters. The van der Waals surface area contributed by atoms with Crippen molar-refractivity contribution in [2.24, 2.45) is 0 Å². The second-order valence-electron chi connectivity index (χ2n) is 2.64. The van der Waals surface area contributed by atoms with Crippen molar-refractivity contribution in [3.05, 3.63) is 32.5 Å². The average Bonchev–Trinajstić information content (AvgIpc) is 2.31. The van der Waals surface area contributed by atoms with Crippen molar-refractivity contribution >= 4 is 44.0 Å². The van der Waals surface area contributed by atoms with Crippen LogP contribution in [-0.2, 0) is 0 Å². The smallest absolute Gasteiger partial charge is 0.123 e. The summed E-state index contributed by atoms with van der Waals surface area (Å²) in [6.07, 6.45) is 0. The lowest BCUT2D eigenvalue weighted by Gasteiger charge is -1.90. The van der Waals surface area contributed by atoms with Crippen molar-refractivity contribution in [2.45, 2.75) is 6.92 Å². The van der Waals surface area contributed by atoms with E-state index < -0.39 is 0 Å². The van der Waals surface area contributed by atoms with E-state index in [2.05, 4.69) is 22.6 Å². The molecule has 0 saturated heterocycles. The van der Waals surface area contributed by atoms with Gasteiger partial charge >= 0.3 is 0 Å². The lowest BCUT2D eigenvalue weighted by molar-refractivity contribution is 0.630. The summed E-state index contributed by atoms with van der Waals surface area (Å²) in [6.45, 7) is 2.03. The zero-order valence-corrected chi connectivity index (χ0v) is 9.37. The van der Waals surface area contributed by atoms with Crippen LogP contribution in [0.3, 0.4) is 0 Å². The molecule has 0 nitrogen and oxygen atoms in total. The molecule has 0 N–H and O–H groups in total. The highest BCUT2D eigenvalue weighted by Crippen LogP contribution is 2.31. The Bertz CT molecular complexity index is 433. The Morgan fingerprint density at radius 3 is 2.92 bits per heavy atom. The van der Waals surface area contributed by atoms with Gasteiger partial charge in [-0.25, -0.2) is 4.39 Å². The van der Waals surface area contributed by atoms with Crippen LogP contribution in [0.5, 0.6) is 0 Å². The number of aryl methyl sites for hydroxylation is 1. The van der Waals surface area contributed by atoms with Crippen LogP contribution in [0.4, 0.5) is 4.39 Å². The summed E-state index contributed by atoms with van der Waals surface area (Å²) in [5, 5.41) is 1.05. The largest absolute Gasteiger partial charge is 0.207 e. The standard InChI is InChI=1S/C9H6FIS/c1-5-7-4-6(10)2-3-8(7)12-9(5)11/h2-4H,1H3. The molecule has 2 aromatic rings. The fraction of sp³-hybridized carbons (Fsp3) is 0.111. The monoisotopic (exact) mass is 292 g/mol. The second-order valence-corrected chi connectivity index (χ2v) is 5.50. The van der Waals surface area contributed by atoms with Crippen LogP contribution in [0.15, 0.2) is 18.2 Å². The molecular weight excluding hydrogens is 286 g/mol. The average molecular weight is 292 g/mol. The van der Waals surface area contributed by atoms with E-state index in [-0.39, 0.29) is 5.82 Å². The van der Waals surface area contributed by atoms with E-state index in [1.165, 1.54) is 19.2 Å². The first-order valence-corrected chi connectivity index (χ1v) is 5.42. The fourth-order valence-electron chi connectivity index (χ4n) is 1.16. The summed E-state index contributed by atoms with van der Waals surface area (Å²) in [5.41, 5.74) is 1.19. The Labute approximate surface area is 87.5 Å². The molecule has 1 heterocycles. The van der Waals surface area contributed by atoms with Gasteiger partial charge in [-0.05, 0) is 58.7 Å². The SMILES string of the molecule is Cc1c(I)sc2ccc(F)cc12. The lowest BCUT2D eigenvalue weighted by Crippen LogP contribution is -1.73. The molecule has 0 saturated carbocycles. The van der Waals surface area contributed by atoms with Gasteiger partial charge in [-0.1, -0.05) is 0 Å². The molecular formula is C9H6FIS. The minimum absolute atomic E-state index is 0.153. The Hall–Kier alpha value is -0.160. The van der Waals surface area contributed by atoms with Gasteiger partial charge in [0.25, 0.3) is 0 Å². The number of hydrogen-bond acceptors (Lipinski definition) is 1. The van der Waals surface area contributed by atoms with Gasteiger partial charge in [0, 0.05) is 4.70 Å². The van der Waals surface area contributed by atoms with Crippen molar-refractivity contribution in [1.82, 2.24) is 0 Å². The highest BCUT2D eigenvalue weighted by Gasteiger charge is 2.05. The Kier molecular flexibility index (Phi) is 2.08. The molecule has 0 spiro atoms. The van der Waals surface area contributed by atoms with E-state index in [1.807, 2.05) is 13.0 Å². The molecule has 0 atom stereocenters. The third kappa shape index (κ3) is 1.25. The molecule has 0 amide bonds. The molecule has 1 aromatic heterocycles. The van der Waals surface area contributed by atoms with Crippen molar-refractivity contribution in [1.29, 1.82) is 0 Å². The first kappa shape index (κ1) is 8.44. The first-order valence-electron chi connectivity index (χ1n) is 3.52. The number of halogens is 2. The van der Waals surface area contributed by atoms with Gasteiger partial charge in [0.15, 0.2) is 0 Å². The molecule has 12 heavy (non-hydrogen) atoms. The van der Waals surface area contributed by atoms with Gasteiger partial charge in [-0.15, -0.1) is 11.3 Å². The normalized spacial score (nSPS) is 10.9. The summed E-state index contributed by atoms with van der Waals surface area (Å²) in [6, 6.07) is 4.95. The van der Waals surface area contributed by atoms with E-state index in [0.29, 0.717) is 0 Å². The highest BCUT2D eigenvalue weighted by atomic mass is 127. The number of thiophene rings is 1. The molecule has 0 aliphatic carbocycles. The molecule has 0 radical (unpaired) electrons. The first-order chi connectivity index (χ1) is 5.68. The Balaban J connectivity index is 2.88. The summed E-state index contributed by atoms with van der Waals surface area (Å²) < 4.78 is 15.2. The topological polar surface area (TPSA) is 0 Å². The molecule has 0 fully saturated rings. The maximum atomic E-state index is 12.8. The molecule has 62 valence electrons. The van der Waals surface area contributed by atoms with Crippen LogP contribution in [0.25, 0.3) is 10.1 Å². The van der Waals surface area contributed by atoms with Crippen LogP contribution in [0.1, 0.15) is 5.56 Å². The summed E-state index contributed by atoms with van der Waals surface area (Å²) in [7, 11) is 0. The van der Waals surface area contributed by atoms with E-state index in [1.54, 1.807) is 17.4 Å². The molecule has 1 aromatic carbocycles. The summed E-state index contributed by atoms with van der Waals surface area (Å²) in [4.78, 5) is 0. The van der Waals surface area contributed by atoms with Gasteiger partial charge < -0.3 is 0 Å². The number of rotatable bonds is 0. The van der Waals surface area contributed by atoms with Crippen molar-refractivity contribution in [2.75, 3.05) is 0 Å². The van der Waals surface area contributed by atoms with E-state index >= 15 is 0 Å². The maximum Gasteiger partial charge on any atom is 0.123 e. The van der Waals surface area contributed by atoms with Crippen LogP contribution in [-0.4, -0.2) is 0 Å². The third-order valence-corrected chi connectivity index (χ3v) is 4.37. The van der Waals surface area contributed by atoms with E-state index in [9.17, 15) is 4.39 Å². The fourth-order valence-corrected chi connectivity index (χ4v) is 3.08. The van der Waals surface area contributed by atoms with Gasteiger partial charge in [-0.3, -0.25) is 0 Å². The zero-order chi connectivity index (χ0) is 8.72. The third-order valence-electron chi connectivity index (χ3n) is 1.84. The number of benzene rings is 1. The lowest BCUT2D eigenvalue weighted by atomic mass is 10.2. The predicted molar refractivity (Wildman–Crippen MR) is 59.2 cm³/mol. The minimum atomic E-state index is -0.153. The van der Waals surface area contributed by atoms with Crippen LogP contribution < -0.4 is 0 Å². The van der Waals surface area contributed by atoms with Crippen molar-refractivity contribution < 1.29 is 4.39 Å². The summed E-state index contributed by atoms with van der Waals surface area (Å²) >= 11 is 3.99. The maximum absolute atomic E-state index is 12.8. The van der Waals surface area contributed by atoms with E-state index in [4.69, 9.17) is 0 Å². The Morgan fingerprint density at radius 1 is 1.42 bits per heavy atom. The molecule has 0 aliphatic heterocycles. The van der Waals surface area contributed by atoms with Gasteiger partial charge in [0.2, 0.25) is 0 Å². The minimum Gasteiger partial charge on any atom is -0.207 e. The highest BCUT2D eigenvalue weighted by molar-refractivity contribution is 14.1. The van der Waals surface area contributed by atoms with E-state index in [0.717, 1.165) is 5.39 Å². The van der Waals surface area contributed by atoms with Gasteiger partial charge in [0.05, 0.1) is 2.88 Å². The van der Waals surface area contributed by atoms with Crippen molar-refractivity contribution in [3.63, 3.8) is 0 Å². The number of fused-ring (bicyclic) bond motifs is 1. The zero-order valence-electron chi connectivity index (χ0n) is 6.40. The van der Waals surface area contributed by atoms with Crippen LogP contribution in [0.2, 0.25) is 0 Å². The van der Waals surface area contributed by atoms with Crippen LogP contribution in [0, 0.1) is 15.6 Å². The predicted octanol–water partition coefficient (Wildman–Crippen LogP) is 3.95.